The SMILES string of the molecule is O=C(NCc1ccn[nH]1)C1CCCCN1. The van der Waals surface area contributed by atoms with Crippen LogP contribution < -0.4 is 10.6 Å². The second-order valence-electron chi connectivity index (χ2n) is 3.80. The molecule has 1 aromatic rings. The van der Waals surface area contributed by atoms with Crippen molar-refractivity contribution in [2.24, 2.45) is 0 Å². The maximum Gasteiger partial charge on any atom is 0.237 e. The molecular formula is C10H16N4O. The van der Waals surface area contributed by atoms with E-state index in [0.29, 0.717) is 6.54 Å². The summed E-state index contributed by atoms with van der Waals surface area (Å²) < 4.78 is 0. The Morgan fingerprint density at radius 3 is 3.20 bits per heavy atom. The topological polar surface area (TPSA) is 69.8 Å². The van der Waals surface area contributed by atoms with E-state index in [2.05, 4.69) is 20.8 Å². The Hall–Kier alpha value is -1.36. The first-order valence-corrected chi connectivity index (χ1v) is 5.35. The Morgan fingerprint density at radius 1 is 1.60 bits per heavy atom. The van der Waals surface area contributed by atoms with E-state index in [1.807, 2.05) is 6.07 Å². The Labute approximate surface area is 88.6 Å². The monoisotopic (exact) mass is 208 g/mol. The molecule has 2 rings (SSSR count). The molecule has 1 amide bonds. The minimum absolute atomic E-state index is 0.0123. The van der Waals surface area contributed by atoms with E-state index >= 15 is 0 Å². The van der Waals surface area contributed by atoms with Crippen molar-refractivity contribution in [2.45, 2.75) is 31.8 Å². The van der Waals surface area contributed by atoms with Crippen LogP contribution in [-0.2, 0) is 11.3 Å². The van der Waals surface area contributed by atoms with Gasteiger partial charge in [0.1, 0.15) is 0 Å². The third-order valence-electron chi connectivity index (χ3n) is 2.64. The van der Waals surface area contributed by atoms with E-state index in [4.69, 9.17) is 0 Å². The third kappa shape index (κ3) is 2.79. The van der Waals surface area contributed by atoms with Crippen molar-refractivity contribution in [1.29, 1.82) is 0 Å². The van der Waals surface area contributed by atoms with Crippen LogP contribution in [0, 0.1) is 0 Å². The van der Waals surface area contributed by atoms with Gasteiger partial charge in [-0.25, -0.2) is 0 Å². The summed E-state index contributed by atoms with van der Waals surface area (Å²) in [4.78, 5) is 11.7. The van der Waals surface area contributed by atoms with Crippen LogP contribution in [0.2, 0.25) is 0 Å². The minimum atomic E-state index is -0.0123. The molecule has 2 heterocycles. The molecule has 82 valence electrons. The molecule has 0 saturated carbocycles. The number of aromatic amines is 1. The van der Waals surface area contributed by atoms with Crippen LogP contribution in [-0.4, -0.2) is 28.7 Å². The van der Waals surface area contributed by atoms with Gasteiger partial charge in [-0.3, -0.25) is 9.89 Å². The summed E-state index contributed by atoms with van der Waals surface area (Å²) in [6.45, 7) is 1.47. The smallest absolute Gasteiger partial charge is 0.237 e. The standard InChI is InChI=1S/C10H16N4O/c15-10(9-3-1-2-5-11-9)12-7-8-4-6-13-14-8/h4,6,9,11H,1-3,5,7H2,(H,12,15)(H,13,14). The molecule has 1 saturated heterocycles. The van der Waals surface area contributed by atoms with E-state index < -0.39 is 0 Å². The van der Waals surface area contributed by atoms with Gasteiger partial charge in [-0.15, -0.1) is 0 Å². The normalized spacial score (nSPS) is 21.2. The van der Waals surface area contributed by atoms with Gasteiger partial charge in [0.05, 0.1) is 18.3 Å². The third-order valence-corrected chi connectivity index (χ3v) is 2.64. The van der Waals surface area contributed by atoms with E-state index in [1.54, 1.807) is 6.20 Å². The maximum atomic E-state index is 11.7. The molecule has 3 N–H and O–H groups in total. The molecule has 15 heavy (non-hydrogen) atoms. The maximum absolute atomic E-state index is 11.7. The Bertz CT molecular complexity index is 303. The van der Waals surface area contributed by atoms with E-state index in [1.165, 1.54) is 6.42 Å². The largest absolute Gasteiger partial charge is 0.349 e. The van der Waals surface area contributed by atoms with Gasteiger partial charge >= 0.3 is 0 Å². The lowest BCUT2D eigenvalue weighted by molar-refractivity contribution is -0.123. The van der Waals surface area contributed by atoms with Crippen LogP contribution in [0.4, 0.5) is 0 Å². The van der Waals surface area contributed by atoms with E-state index in [-0.39, 0.29) is 11.9 Å². The zero-order valence-corrected chi connectivity index (χ0v) is 8.62. The lowest BCUT2D eigenvalue weighted by atomic mass is 10.0. The number of carbonyl (C=O) groups is 1. The van der Waals surface area contributed by atoms with Crippen LogP contribution in [0.5, 0.6) is 0 Å². The van der Waals surface area contributed by atoms with Gasteiger partial charge in [0.15, 0.2) is 0 Å². The summed E-state index contributed by atoms with van der Waals surface area (Å²) >= 11 is 0. The van der Waals surface area contributed by atoms with Crippen molar-refractivity contribution in [3.8, 4) is 0 Å². The molecular weight excluding hydrogens is 192 g/mol. The average molecular weight is 208 g/mol. The van der Waals surface area contributed by atoms with Crippen molar-refractivity contribution >= 4 is 5.91 Å². The molecule has 1 atom stereocenters. The van der Waals surface area contributed by atoms with Gasteiger partial charge in [0, 0.05) is 6.20 Å². The van der Waals surface area contributed by atoms with Crippen LogP contribution in [0.3, 0.4) is 0 Å². The summed E-state index contributed by atoms with van der Waals surface area (Å²) in [6, 6.07) is 1.84. The molecule has 0 radical (unpaired) electrons. The van der Waals surface area contributed by atoms with Gasteiger partial charge in [-0.1, -0.05) is 6.42 Å². The zero-order chi connectivity index (χ0) is 10.5. The highest BCUT2D eigenvalue weighted by Crippen LogP contribution is 2.06. The Balaban J connectivity index is 1.76. The first kappa shape index (κ1) is 10.2. The molecule has 1 unspecified atom stereocenters. The molecule has 5 heteroatoms. The average Bonchev–Trinajstić information content (AvgIpc) is 2.80. The predicted molar refractivity (Wildman–Crippen MR) is 56.1 cm³/mol. The predicted octanol–water partition coefficient (Wildman–Crippen LogP) is 0.168. The molecule has 1 aromatic heterocycles. The van der Waals surface area contributed by atoms with Crippen LogP contribution in [0.15, 0.2) is 12.3 Å². The highest BCUT2D eigenvalue weighted by atomic mass is 16.2. The second kappa shape index (κ2) is 4.93. The number of nitrogens with one attached hydrogen (secondary N) is 3. The summed E-state index contributed by atoms with van der Waals surface area (Å²) in [5.74, 6) is 0.0873. The highest BCUT2D eigenvalue weighted by Gasteiger charge is 2.19. The number of hydrogen-bond acceptors (Lipinski definition) is 3. The molecule has 1 aliphatic rings. The lowest BCUT2D eigenvalue weighted by Crippen LogP contribution is -2.46. The first-order chi connectivity index (χ1) is 7.36. The number of amides is 1. The van der Waals surface area contributed by atoms with Gasteiger partial charge in [0.2, 0.25) is 5.91 Å². The number of H-pyrrole nitrogens is 1. The fourth-order valence-corrected chi connectivity index (χ4v) is 1.76. The quantitative estimate of drug-likeness (QED) is 0.663. The fourth-order valence-electron chi connectivity index (χ4n) is 1.76. The molecule has 0 aromatic carbocycles. The van der Waals surface area contributed by atoms with Crippen molar-refractivity contribution in [1.82, 2.24) is 20.8 Å². The molecule has 0 aliphatic carbocycles. The summed E-state index contributed by atoms with van der Waals surface area (Å²) in [6.07, 6.45) is 4.93. The van der Waals surface area contributed by atoms with Crippen molar-refractivity contribution < 1.29 is 4.79 Å². The Morgan fingerprint density at radius 2 is 2.53 bits per heavy atom. The van der Waals surface area contributed by atoms with E-state index in [0.717, 1.165) is 25.1 Å². The summed E-state index contributed by atoms with van der Waals surface area (Å²) in [5.41, 5.74) is 0.930. The van der Waals surface area contributed by atoms with Crippen molar-refractivity contribution in [3.05, 3.63) is 18.0 Å². The zero-order valence-electron chi connectivity index (χ0n) is 8.62. The molecule has 5 nitrogen and oxygen atoms in total. The van der Waals surface area contributed by atoms with Gasteiger partial charge < -0.3 is 10.6 Å². The van der Waals surface area contributed by atoms with Crippen molar-refractivity contribution in [3.63, 3.8) is 0 Å². The Kier molecular flexibility index (Phi) is 3.34. The number of piperidine rings is 1. The minimum Gasteiger partial charge on any atom is -0.349 e. The lowest BCUT2D eigenvalue weighted by Gasteiger charge is -2.22. The van der Waals surface area contributed by atoms with Crippen molar-refractivity contribution in [2.75, 3.05) is 6.54 Å². The highest BCUT2D eigenvalue weighted by molar-refractivity contribution is 5.81. The number of rotatable bonds is 3. The van der Waals surface area contributed by atoms with Gasteiger partial charge in [-0.05, 0) is 25.5 Å². The van der Waals surface area contributed by atoms with Crippen LogP contribution in [0.25, 0.3) is 0 Å². The second-order valence-corrected chi connectivity index (χ2v) is 3.80. The number of nitrogens with zero attached hydrogens (tertiary/aromatic N) is 1. The molecule has 0 spiro atoms. The van der Waals surface area contributed by atoms with Crippen LogP contribution in [0.1, 0.15) is 25.0 Å². The summed E-state index contributed by atoms with van der Waals surface area (Å²) in [7, 11) is 0. The first-order valence-electron chi connectivity index (χ1n) is 5.35. The number of aromatic nitrogens is 2. The van der Waals surface area contributed by atoms with Gasteiger partial charge in [0.25, 0.3) is 0 Å². The van der Waals surface area contributed by atoms with E-state index in [9.17, 15) is 4.79 Å². The number of hydrogen-bond donors (Lipinski definition) is 3. The molecule has 1 fully saturated rings. The number of carbonyl (C=O) groups excluding carboxylic acids is 1. The van der Waals surface area contributed by atoms with Gasteiger partial charge in [-0.2, -0.15) is 5.10 Å². The van der Waals surface area contributed by atoms with Crippen LogP contribution >= 0.6 is 0 Å². The summed E-state index contributed by atoms with van der Waals surface area (Å²) in [5, 5.41) is 12.7. The fraction of sp³-hybridized carbons (Fsp3) is 0.600. The molecule has 1 aliphatic heterocycles. The molecule has 0 bridgehead atoms.